The van der Waals surface area contributed by atoms with E-state index in [1.807, 2.05) is 0 Å². The molecule has 1 heteroatoms. The lowest BCUT2D eigenvalue weighted by Crippen LogP contribution is -2.21. The van der Waals surface area contributed by atoms with Crippen LogP contribution in [0.2, 0.25) is 0 Å². The van der Waals surface area contributed by atoms with E-state index in [0.29, 0.717) is 5.92 Å². The Labute approximate surface area is 100 Å². The van der Waals surface area contributed by atoms with Crippen LogP contribution < -0.4 is 5.73 Å². The summed E-state index contributed by atoms with van der Waals surface area (Å²) < 4.78 is 0. The van der Waals surface area contributed by atoms with Gasteiger partial charge in [-0.25, -0.2) is 0 Å². The van der Waals surface area contributed by atoms with Gasteiger partial charge >= 0.3 is 0 Å². The number of nitrogens with two attached hydrogens (primary N) is 1. The topological polar surface area (TPSA) is 26.0 Å². The predicted octanol–water partition coefficient (Wildman–Crippen LogP) is 4.21. The first-order valence-corrected chi connectivity index (χ1v) is 6.51. The second kappa shape index (κ2) is 6.70. The first-order chi connectivity index (χ1) is 7.69. The van der Waals surface area contributed by atoms with Gasteiger partial charge < -0.3 is 5.73 Å². The highest BCUT2D eigenvalue weighted by molar-refractivity contribution is 5.25. The van der Waals surface area contributed by atoms with Gasteiger partial charge in [0.2, 0.25) is 0 Å². The molecular weight excluding hydrogens is 194 g/mol. The Kier molecular flexibility index (Phi) is 5.54. The van der Waals surface area contributed by atoms with Crippen molar-refractivity contribution in [1.82, 2.24) is 0 Å². The molecule has 0 aliphatic heterocycles. The van der Waals surface area contributed by atoms with Crippen molar-refractivity contribution in [1.29, 1.82) is 0 Å². The van der Waals surface area contributed by atoms with E-state index >= 15 is 0 Å². The first-order valence-electron chi connectivity index (χ1n) is 6.51. The van der Waals surface area contributed by atoms with Crippen molar-refractivity contribution in [3.63, 3.8) is 0 Å². The minimum absolute atomic E-state index is 0.208. The maximum Gasteiger partial charge on any atom is 0.0323 e. The number of rotatable bonds is 6. The van der Waals surface area contributed by atoms with Gasteiger partial charge in [-0.2, -0.15) is 0 Å². The summed E-state index contributed by atoms with van der Waals surface area (Å²) in [4.78, 5) is 0. The third kappa shape index (κ3) is 3.64. The highest BCUT2D eigenvalue weighted by Crippen LogP contribution is 2.27. The van der Waals surface area contributed by atoms with Crippen LogP contribution in [0.25, 0.3) is 0 Å². The fourth-order valence-electron chi connectivity index (χ4n) is 2.39. The van der Waals surface area contributed by atoms with Crippen molar-refractivity contribution in [2.24, 2.45) is 11.7 Å². The predicted molar refractivity (Wildman–Crippen MR) is 71.4 cm³/mol. The molecule has 0 aliphatic carbocycles. The average Bonchev–Trinajstić information content (AvgIpc) is 2.28. The van der Waals surface area contributed by atoms with E-state index in [2.05, 4.69) is 45.0 Å². The summed E-state index contributed by atoms with van der Waals surface area (Å²) in [6, 6.07) is 8.84. The maximum absolute atomic E-state index is 6.38. The lowest BCUT2D eigenvalue weighted by Gasteiger charge is -2.23. The number of aryl methyl sites for hydroxylation is 1. The van der Waals surface area contributed by atoms with Crippen molar-refractivity contribution < 1.29 is 0 Å². The van der Waals surface area contributed by atoms with Gasteiger partial charge in [-0.3, -0.25) is 0 Å². The number of benzene rings is 1. The Morgan fingerprint density at radius 3 is 2.25 bits per heavy atom. The van der Waals surface area contributed by atoms with Gasteiger partial charge in [-0.15, -0.1) is 0 Å². The van der Waals surface area contributed by atoms with Crippen LogP contribution in [-0.2, 0) is 0 Å². The van der Waals surface area contributed by atoms with Crippen LogP contribution in [0.1, 0.15) is 56.7 Å². The van der Waals surface area contributed by atoms with Gasteiger partial charge in [0, 0.05) is 6.04 Å². The Hall–Kier alpha value is -0.820. The normalized spacial score (nSPS) is 13.1. The van der Waals surface area contributed by atoms with E-state index in [-0.39, 0.29) is 6.04 Å². The molecule has 0 saturated carbocycles. The summed E-state index contributed by atoms with van der Waals surface area (Å²) >= 11 is 0. The zero-order valence-corrected chi connectivity index (χ0v) is 10.9. The largest absolute Gasteiger partial charge is 0.324 e. The standard InChI is InChI=1S/C15H25N/c1-4-7-13(8-5-2)15(16)14-10-6-9-12(3)11-14/h6,9-11,13,15H,4-5,7-8,16H2,1-3H3. The summed E-state index contributed by atoms with van der Waals surface area (Å²) in [7, 11) is 0. The van der Waals surface area contributed by atoms with Crippen molar-refractivity contribution in [3.8, 4) is 0 Å². The monoisotopic (exact) mass is 219 g/mol. The minimum atomic E-state index is 0.208. The van der Waals surface area contributed by atoms with Crippen LogP contribution in [0.3, 0.4) is 0 Å². The van der Waals surface area contributed by atoms with Crippen molar-refractivity contribution in [2.75, 3.05) is 0 Å². The molecule has 0 aliphatic rings. The Bertz CT molecular complexity index is 300. The molecule has 90 valence electrons. The van der Waals surface area contributed by atoms with Gasteiger partial charge in [0.15, 0.2) is 0 Å². The molecule has 0 spiro atoms. The zero-order chi connectivity index (χ0) is 12.0. The smallest absolute Gasteiger partial charge is 0.0323 e. The Morgan fingerprint density at radius 1 is 1.12 bits per heavy atom. The minimum Gasteiger partial charge on any atom is -0.324 e. The molecule has 0 saturated heterocycles. The van der Waals surface area contributed by atoms with Crippen LogP contribution in [0, 0.1) is 12.8 Å². The van der Waals surface area contributed by atoms with Gasteiger partial charge in [0.25, 0.3) is 0 Å². The second-order valence-electron chi connectivity index (χ2n) is 4.78. The van der Waals surface area contributed by atoms with Crippen LogP contribution >= 0.6 is 0 Å². The summed E-state index contributed by atoms with van der Waals surface area (Å²) in [5, 5.41) is 0. The van der Waals surface area contributed by atoms with Gasteiger partial charge in [0.1, 0.15) is 0 Å². The molecule has 1 rings (SSSR count). The van der Waals surface area contributed by atoms with Crippen molar-refractivity contribution >= 4 is 0 Å². The molecule has 16 heavy (non-hydrogen) atoms. The molecule has 1 nitrogen and oxygen atoms in total. The SMILES string of the molecule is CCCC(CCC)C(N)c1cccc(C)c1. The molecule has 1 aromatic carbocycles. The van der Waals surface area contributed by atoms with Gasteiger partial charge in [0.05, 0.1) is 0 Å². The van der Waals surface area contributed by atoms with E-state index in [1.54, 1.807) is 0 Å². The maximum atomic E-state index is 6.38. The lowest BCUT2D eigenvalue weighted by atomic mass is 9.86. The highest BCUT2D eigenvalue weighted by atomic mass is 14.6. The number of hydrogen-bond acceptors (Lipinski definition) is 1. The van der Waals surface area contributed by atoms with Crippen LogP contribution in [0.5, 0.6) is 0 Å². The third-order valence-corrected chi connectivity index (χ3v) is 3.25. The number of hydrogen-bond donors (Lipinski definition) is 1. The molecule has 0 bridgehead atoms. The van der Waals surface area contributed by atoms with Gasteiger partial charge in [-0.05, 0) is 31.2 Å². The van der Waals surface area contributed by atoms with Gasteiger partial charge in [-0.1, -0.05) is 56.5 Å². The molecule has 2 N–H and O–H groups in total. The molecule has 0 radical (unpaired) electrons. The Morgan fingerprint density at radius 2 is 1.75 bits per heavy atom. The summed E-state index contributed by atoms with van der Waals surface area (Å²) in [6.45, 7) is 6.61. The van der Waals surface area contributed by atoms with E-state index < -0.39 is 0 Å². The molecule has 0 aromatic heterocycles. The zero-order valence-electron chi connectivity index (χ0n) is 10.9. The fraction of sp³-hybridized carbons (Fsp3) is 0.600. The molecule has 0 heterocycles. The van der Waals surface area contributed by atoms with E-state index in [9.17, 15) is 0 Å². The third-order valence-electron chi connectivity index (χ3n) is 3.25. The summed E-state index contributed by atoms with van der Waals surface area (Å²) in [5.74, 6) is 0.636. The average molecular weight is 219 g/mol. The molecule has 1 atom stereocenters. The molecular formula is C15H25N. The van der Waals surface area contributed by atoms with Crippen LogP contribution in [0.15, 0.2) is 24.3 Å². The van der Waals surface area contributed by atoms with E-state index in [1.165, 1.54) is 36.8 Å². The quantitative estimate of drug-likeness (QED) is 0.762. The fourth-order valence-corrected chi connectivity index (χ4v) is 2.39. The molecule has 1 unspecified atom stereocenters. The van der Waals surface area contributed by atoms with Crippen molar-refractivity contribution in [2.45, 2.75) is 52.5 Å². The summed E-state index contributed by atoms with van der Waals surface area (Å²) in [5.41, 5.74) is 8.98. The summed E-state index contributed by atoms with van der Waals surface area (Å²) in [6.07, 6.45) is 4.93. The molecule has 0 amide bonds. The van der Waals surface area contributed by atoms with E-state index in [4.69, 9.17) is 5.73 Å². The Balaban J connectivity index is 2.76. The molecule has 0 fully saturated rings. The van der Waals surface area contributed by atoms with Crippen LogP contribution in [-0.4, -0.2) is 0 Å². The van der Waals surface area contributed by atoms with Crippen molar-refractivity contribution in [3.05, 3.63) is 35.4 Å². The second-order valence-corrected chi connectivity index (χ2v) is 4.78. The first kappa shape index (κ1) is 13.2. The van der Waals surface area contributed by atoms with Crippen LogP contribution in [0.4, 0.5) is 0 Å². The highest BCUT2D eigenvalue weighted by Gasteiger charge is 2.17. The van der Waals surface area contributed by atoms with E-state index in [0.717, 1.165) is 0 Å². The lowest BCUT2D eigenvalue weighted by molar-refractivity contribution is 0.368. The molecule has 1 aromatic rings.